The number of ether oxygens (including phenoxy) is 1. The lowest BCUT2D eigenvalue weighted by Crippen LogP contribution is -2.48. The average Bonchev–Trinajstić information content (AvgIpc) is 2.88. The van der Waals surface area contributed by atoms with E-state index in [1.165, 1.54) is 5.56 Å². The second-order valence-electron chi connectivity index (χ2n) is 8.53. The van der Waals surface area contributed by atoms with E-state index in [-0.39, 0.29) is 18.4 Å². The van der Waals surface area contributed by atoms with E-state index >= 15 is 0 Å². The quantitative estimate of drug-likeness (QED) is 0.566. The molecule has 0 bridgehead atoms. The molecule has 0 aromatic heterocycles. The van der Waals surface area contributed by atoms with Crippen LogP contribution in [0.25, 0.3) is 0 Å². The largest absolute Gasteiger partial charge is 0.484 e. The molecule has 0 saturated carbocycles. The monoisotopic (exact) mass is 457 g/mol. The van der Waals surface area contributed by atoms with Gasteiger partial charge in [-0.1, -0.05) is 36.8 Å². The van der Waals surface area contributed by atoms with Crippen molar-refractivity contribution in [2.75, 3.05) is 43.0 Å². The van der Waals surface area contributed by atoms with E-state index in [4.69, 9.17) is 4.74 Å². The van der Waals surface area contributed by atoms with Gasteiger partial charge in [0.15, 0.2) is 6.61 Å². The zero-order chi connectivity index (χ0) is 23.9. The molecule has 1 fully saturated rings. The minimum absolute atomic E-state index is 0.0375. The second-order valence-corrected chi connectivity index (χ2v) is 8.53. The molecule has 4 rings (SSSR count). The number of carbonyl (C=O) groups excluding carboxylic acids is 2. The van der Waals surface area contributed by atoms with Crippen molar-refractivity contribution in [3.8, 4) is 5.75 Å². The zero-order valence-electron chi connectivity index (χ0n) is 19.8. The third-order valence-electron chi connectivity index (χ3n) is 6.08. The lowest BCUT2D eigenvalue weighted by Gasteiger charge is -2.36. The van der Waals surface area contributed by atoms with Crippen LogP contribution in [0.4, 0.5) is 11.4 Å². The highest BCUT2D eigenvalue weighted by Gasteiger charge is 2.22. The number of piperazine rings is 1. The van der Waals surface area contributed by atoms with Crippen molar-refractivity contribution in [1.82, 2.24) is 4.90 Å². The van der Waals surface area contributed by atoms with Gasteiger partial charge in [0.2, 0.25) is 0 Å². The molecule has 6 nitrogen and oxygen atoms in total. The summed E-state index contributed by atoms with van der Waals surface area (Å²) in [4.78, 5) is 29.1. The van der Waals surface area contributed by atoms with Crippen molar-refractivity contribution >= 4 is 23.2 Å². The molecule has 176 valence electrons. The first-order valence-electron chi connectivity index (χ1n) is 11.7. The standard InChI is InChI=1S/C28H31N3O3/c1-3-22-6-14-26(15-7-22)34-20-27(32)29-24-10-12-25(13-11-24)30-16-18-31(19-17-30)28(33)23-8-4-21(2)5-9-23/h4-15H,3,16-20H2,1-2H3,(H,29,32). The Hall–Kier alpha value is -3.80. The van der Waals surface area contributed by atoms with Crippen molar-refractivity contribution < 1.29 is 14.3 Å². The highest BCUT2D eigenvalue weighted by Crippen LogP contribution is 2.20. The lowest BCUT2D eigenvalue weighted by atomic mass is 10.1. The summed E-state index contributed by atoms with van der Waals surface area (Å²) in [6, 6.07) is 23.3. The van der Waals surface area contributed by atoms with Gasteiger partial charge in [-0.25, -0.2) is 0 Å². The van der Waals surface area contributed by atoms with Crippen molar-refractivity contribution in [3.05, 3.63) is 89.5 Å². The summed E-state index contributed by atoms with van der Waals surface area (Å²) < 4.78 is 5.57. The fraction of sp³-hybridized carbons (Fsp3) is 0.286. The van der Waals surface area contributed by atoms with Crippen LogP contribution in [0.15, 0.2) is 72.8 Å². The topological polar surface area (TPSA) is 61.9 Å². The summed E-state index contributed by atoms with van der Waals surface area (Å²) in [5, 5.41) is 2.87. The molecule has 0 atom stereocenters. The Balaban J connectivity index is 1.24. The van der Waals surface area contributed by atoms with Crippen LogP contribution in [0.5, 0.6) is 5.75 Å². The fourth-order valence-electron chi connectivity index (χ4n) is 3.97. The van der Waals surface area contributed by atoms with Gasteiger partial charge in [-0.15, -0.1) is 0 Å². The number of carbonyl (C=O) groups is 2. The van der Waals surface area contributed by atoms with Crippen LogP contribution < -0.4 is 15.0 Å². The van der Waals surface area contributed by atoms with Crippen molar-refractivity contribution in [2.24, 2.45) is 0 Å². The van der Waals surface area contributed by atoms with E-state index in [9.17, 15) is 9.59 Å². The van der Waals surface area contributed by atoms with Crippen LogP contribution in [0.3, 0.4) is 0 Å². The summed E-state index contributed by atoms with van der Waals surface area (Å²) >= 11 is 0. The van der Waals surface area contributed by atoms with Gasteiger partial charge in [-0.3, -0.25) is 9.59 Å². The van der Waals surface area contributed by atoms with Gasteiger partial charge in [0.1, 0.15) is 5.75 Å². The van der Waals surface area contributed by atoms with E-state index < -0.39 is 0 Å². The van der Waals surface area contributed by atoms with Crippen molar-refractivity contribution in [2.45, 2.75) is 20.3 Å². The first kappa shape index (κ1) is 23.4. The summed E-state index contributed by atoms with van der Waals surface area (Å²) in [5.41, 5.74) is 4.92. The van der Waals surface area contributed by atoms with Gasteiger partial charge in [0.25, 0.3) is 11.8 Å². The number of amides is 2. The third-order valence-corrected chi connectivity index (χ3v) is 6.08. The van der Waals surface area contributed by atoms with Crippen LogP contribution in [-0.2, 0) is 11.2 Å². The number of nitrogens with zero attached hydrogens (tertiary/aromatic N) is 2. The molecule has 1 aliphatic heterocycles. The molecule has 1 N–H and O–H groups in total. The molecule has 0 spiro atoms. The van der Waals surface area contributed by atoms with Crippen LogP contribution in [0.1, 0.15) is 28.4 Å². The van der Waals surface area contributed by atoms with E-state index in [2.05, 4.69) is 17.1 Å². The van der Waals surface area contributed by atoms with E-state index in [1.54, 1.807) is 0 Å². The van der Waals surface area contributed by atoms with E-state index in [0.717, 1.165) is 42.0 Å². The highest BCUT2D eigenvalue weighted by molar-refractivity contribution is 5.94. The Kier molecular flexibility index (Phi) is 7.48. The average molecular weight is 458 g/mol. The predicted octanol–water partition coefficient (Wildman–Crippen LogP) is 4.54. The van der Waals surface area contributed by atoms with Crippen LogP contribution in [0, 0.1) is 6.92 Å². The molecular formula is C28H31N3O3. The number of benzene rings is 3. The molecule has 1 aliphatic rings. The third kappa shape index (κ3) is 5.95. The van der Waals surface area contributed by atoms with E-state index in [0.29, 0.717) is 18.8 Å². The number of hydrogen-bond acceptors (Lipinski definition) is 4. The normalized spacial score (nSPS) is 13.5. The second kappa shape index (κ2) is 10.9. The van der Waals surface area contributed by atoms with Gasteiger partial charge < -0.3 is 19.9 Å². The fourth-order valence-corrected chi connectivity index (χ4v) is 3.97. The summed E-state index contributed by atoms with van der Waals surface area (Å²) in [5.74, 6) is 0.569. The molecule has 3 aromatic rings. The maximum Gasteiger partial charge on any atom is 0.262 e. The first-order chi connectivity index (χ1) is 16.5. The smallest absolute Gasteiger partial charge is 0.262 e. The summed E-state index contributed by atoms with van der Waals surface area (Å²) in [6.45, 7) is 6.99. The number of aryl methyl sites for hydroxylation is 2. The van der Waals surface area contributed by atoms with Gasteiger partial charge in [-0.2, -0.15) is 0 Å². The molecular weight excluding hydrogens is 426 g/mol. The molecule has 0 aliphatic carbocycles. The maximum atomic E-state index is 12.7. The number of rotatable bonds is 7. The minimum Gasteiger partial charge on any atom is -0.484 e. The summed E-state index contributed by atoms with van der Waals surface area (Å²) in [6.07, 6.45) is 0.970. The molecule has 0 unspecified atom stereocenters. The lowest BCUT2D eigenvalue weighted by molar-refractivity contribution is -0.118. The van der Waals surface area contributed by atoms with Gasteiger partial charge in [0.05, 0.1) is 0 Å². The minimum atomic E-state index is -0.199. The number of hydrogen-bond donors (Lipinski definition) is 1. The molecule has 34 heavy (non-hydrogen) atoms. The van der Waals surface area contributed by atoms with Gasteiger partial charge >= 0.3 is 0 Å². The molecule has 1 saturated heterocycles. The molecule has 3 aromatic carbocycles. The first-order valence-corrected chi connectivity index (χ1v) is 11.7. The van der Waals surface area contributed by atoms with Crippen LogP contribution in [-0.4, -0.2) is 49.5 Å². The SMILES string of the molecule is CCc1ccc(OCC(=O)Nc2ccc(N3CCN(C(=O)c4ccc(C)cc4)CC3)cc2)cc1. The molecule has 1 heterocycles. The Bertz CT molecular complexity index is 1100. The zero-order valence-corrected chi connectivity index (χ0v) is 19.8. The molecule has 6 heteroatoms. The Morgan fingerprint density at radius 3 is 2.12 bits per heavy atom. The van der Waals surface area contributed by atoms with Crippen LogP contribution >= 0.6 is 0 Å². The van der Waals surface area contributed by atoms with Gasteiger partial charge in [-0.05, 0) is 67.4 Å². The van der Waals surface area contributed by atoms with Crippen molar-refractivity contribution in [1.29, 1.82) is 0 Å². The maximum absolute atomic E-state index is 12.7. The number of anilines is 2. The Morgan fingerprint density at radius 2 is 1.50 bits per heavy atom. The summed E-state index contributed by atoms with van der Waals surface area (Å²) in [7, 11) is 0. The molecule has 2 amide bonds. The highest BCUT2D eigenvalue weighted by atomic mass is 16.5. The Morgan fingerprint density at radius 1 is 0.853 bits per heavy atom. The van der Waals surface area contributed by atoms with Crippen molar-refractivity contribution in [3.63, 3.8) is 0 Å². The molecule has 0 radical (unpaired) electrons. The number of nitrogens with one attached hydrogen (secondary N) is 1. The van der Waals surface area contributed by atoms with E-state index in [1.807, 2.05) is 84.6 Å². The Labute approximate surface area is 201 Å². The predicted molar refractivity (Wildman–Crippen MR) is 136 cm³/mol. The van der Waals surface area contributed by atoms with Gasteiger partial charge in [0, 0.05) is 43.1 Å². The van der Waals surface area contributed by atoms with Crippen LogP contribution in [0.2, 0.25) is 0 Å².